The van der Waals surface area contributed by atoms with Crippen LogP contribution in [0.5, 0.6) is 5.75 Å². The molecule has 158 valence electrons. The number of esters is 1. The SMILES string of the molecule is CCOC(=O)Cn1cnc2c1c(=O)n(C1CCCC1)c(=O)n2-c1cccc(OC)c1. The van der Waals surface area contributed by atoms with E-state index < -0.39 is 17.2 Å². The average molecular weight is 412 g/mol. The molecule has 30 heavy (non-hydrogen) atoms. The normalized spacial score (nSPS) is 14.3. The molecule has 1 aliphatic carbocycles. The summed E-state index contributed by atoms with van der Waals surface area (Å²) in [5.74, 6) is 0.111. The molecule has 0 spiro atoms. The van der Waals surface area contributed by atoms with Gasteiger partial charge in [-0.05, 0) is 31.9 Å². The van der Waals surface area contributed by atoms with Crippen molar-refractivity contribution in [3.05, 3.63) is 51.4 Å². The second kappa shape index (κ2) is 8.17. The third-order valence-electron chi connectivity index (χ3n) is 5.46. The summed E-state index contributed by atoms with van der Waals surface area (Å²) in [6.07, 6.45) is 4.87. The molecule has 0 N–H and O–H groups in total. The smallest absolute Gasteiger partial charge is 0.337 e. The van der Waals surface area contributed by atoms with Gasteiger partial charge in [-0.1, -0.05) is 18.9 Å². The summed E-state index contributed by atoms with van der Waals surface area (Å²) in [5.41, 5.74) is 0.0866. The quantitative estimate of drug-likeness (QED) is 0.575. The van der Waals surface area contributed by atoms with Crippen LogP contribution in [0.3, 0.4) is 0 Å². The Morgan fingerprint density at radius 3 is 2.70 bits per heavy atom. The van der Waals surface area contributed by atoms with Gasteiger partial charge in [0.25, 0.3) is 5.56 Å². The summed E-state index contributed by atoms with van der Waals surface area (Å²) in [7, 11) is 1.55. The molecule has 1 aliphatic rings. The van der Waals surface area contributed by atoms with Crippen LogP contribution in [0.4, 0.5) is 0 Å². The van der Waals surface area contributed by atoms with Crippen molar-refractivity contribution in [1.29, 1.82) is 0 Å². The first kappa shape index (κ1) is 19.9. The molecule has 0 bridgehead atoms. The van der Waals surface area contributed by atoms with Crippen molar-refractivity contribution in [2.24, 2.45) is 0 Å². The van der Waals surface area contributed by atoms with Crippen molar-refractivity contribution in [2.45, 2.75) is 45.2 Å². The maximum atomic E-state index is 13.5. The summed E-state index contributed by atoms with van der Waals surface area (Å²) >= 11 is 0. The zero-order valence-electron chi connectivity index (χ0n) is 17.0. The minimum atomic E-state index is -0.470. The maximum absolute atomic E-state index is 13.5. The number of carbonyl (C=O) groups is 1. The van der Waals surface area contributed by atoms with E-state index in [4.69, 9.17) is 9.47 Å². The molecule has 0 saturated heterocycles. The van der Waals surface area contributed by atoms with Crippen LogP contribution >= 0.6 is 0 Å². The summed E-state index contributed by atoms with van der Waals surface area (Å²) < 4.78 is 14.5. The van der Waals surface area contributed by atoms with E-state index in [-0.39, 0.29) is 30.4 Å². The minimum Gasteiger partial charge on any atom is -0.497 e. The third-order valence-corrected chi connectivity index (χ3v) is 5.46. The molecule has 9 heteroatoms. The molecule has 1 fully saturated rings. The Balaban J connectivity index is 2.00. The van der Waals surface area contributed by atoms with Crippen LogP contribution in [0.2, 0.25) is 0 Å². The Labute approximate surface area is 172 Å². The Kier molecular flexibility index (Phi) is 5.43. The predicted molar refractivity (Wildman–Crippen MR) is 110 cm³/mol. The third kappa shape index (κ3) is 3.40. The number of nitrogens with zero attached hydrogens (tertiary/aromatic N) is 4. The van der Waals surface area contributed by atoms with Crippen LogP contribution in [-0.4, -0.2) is 38.4 Å². The van der Waals surface area contributed by atoms with Gasteiger partial charge in [-0.3, -0.25) is 14.2 Å². The van der Waals surface area contributed by atoms with Crippen molar-refractivity contribution >= 4 is 17.1 Å². The number of benzene rings is 1. The average Bonchev–Trinajstić information content (AvgIpc) is 3.39. The molecule has 1 aromatic carbocycles. The lowest BCUT2D eigenvalue weighted by Gasteiger charge is -2.17. The predicted octanol–water partition coefficient (Wildman–Crippen LogP) is 2.04. The number of carbonyl (C=O) groups excluding carboxylic acids is 1. The molecule has 0 atom stereocenters. The van der Waals surface area contributed by atoms with E-state index in [1.54, 1.807) is 38.3 Å². The first-order valence-electron chi connectivity index (χ1n) is 10.1. The second-order valence-electron chi connectivity index (χ2n) is 7.28. The first-order valence-corrected chi connectivity index (χ1v) is 10.1. The lowest BCUT2D eigenvalue weighted by atomic mass is 10.2. The topological polar surface area (TPSA) is 97.4 Å². The molecule has 0 aliphatic heterocycles. The van der Waals surface area contributed by atoms with Crippen molar-refractivity contribution in [2.75, 3.05) is 13.7 Å². The molecule has 2 aromatic heterocycles. The van der Waals surface area contributed by atoms with Crippen LogP contribution in [0.15, 0.2) is 40.2 Å². The van der Waals surface area contributed by atoms with Gasteiger partial charge in [0.2, 0.25) is 0 Å². The van der Waals surface area contributed by atoms with E-state index in [2.05, 4.69) is 4.98 Å². The van der Waals surface area contributed by atoms with Crippen molar-refractivity contribution < 1.29 is 14.3 Å². The Morgan fingerprint density at radius 1 is 1.23 bits per heavy atom. The molecule has 1 saturated carbocycles. The monoisotopic (exact) mass is 412 g/mol. The van der Waals surface area contributed by atoms with E-state index in [0.717, 1.165) is 25.7 Å². The molecular weight excluding hydrogens is 388 g/mol. The van der Waals surface area contributed by atoms with Gasteiger partial charge in [0.05, 0.1) is 25.7 Å². The number of rotatable bonds is 6. The summed E-state index contributed by atoms with van der Waals surface area (Å²) in [5, 5.41) is 0. The summed E-state index contributed by atoms with van der Waals surface area (Å²) in [6, 6.07) is 6.86. The highest BCUT2D eigenvalue weighted by molar-refractivity contribution is 5.76. The molecule has 9 nitrogen and oxygen atoms in total. The second-order valence-corrected chi connectivity index (χ2v) is 7.28. The number of imidazole rings is 1. The number of methoxy groups -OCH3 is 1. The Morgan fingerprint density at radius 2 is 2.00 bits per heavy atom. The van der Waals surface area contributed by atoms with E-state index in [1.165, 1.54) is 20.0 Å². The number of fused-ring (bicyclic) bond motifs is 1. The molecule has 4 rings (SSSR count). The van der Waals surface area contributed by atoms with Gasteiger partial charge in [0, 0.05) is 12.1 Å². The number of ether oxygens (including phenoxy) is 2. The minimum absolute atomic E-state index is 0.152. The lowest BCUT2D eigenvalue weighted by Crippen LogP contribution is -2.42. The molecule has 3 aromatic rings. The first-order chi connectivity index (χ1) is 14.5. The van der Waals surface area contributed by atoms with Crippen molar-refractivity contribution in [3.8, 4) is 11.4 Å². The fraction of sp³-hybridized carbons (Fsp3) is 0.429. The molecule has 0 amide bonds. The van der Waals surface area contributed by atoms with Gasteiger partial charge in [-0.15, -0.1) is 0 Å². The highest BCUT2D eigenvalue weighted by atomic mass is 16.5. The fourth-order valence-corrected chi connectivity index (χ4v) is 4.09. The van der Waals surface area contributed by atoms with Crippen LogP contribution < -0.4 is 16.0 Å². The molecule has 2 heterocycles. The van der Waals surface area contributed by atoms with Gasteiger partial charge in [0.1, 0.15) is 12.3 Å². The zero-order chi connectivity index (χ0) is 21.3. The summed E-state index contributed by atoms with van der Waals surface area (Å²) in [4.78, 5) is 43.2. The lowest BCUT2D eigenvalue weighted by molar-refractivity contribution is -0.143. The fourth-order valence-electron chi connectivity index (χ4n) is 4.09. The van der Waals surface area contributed by atoms with E-state index in [1.807, 2.05) is 0 Å². The Hall–Kier alpha value is -3.36. The molecule has 0 unspecified atom stereocenters. The number of hydrogen-bond donors (Lipinski definition) is 0. The van der Waals surface area contributed by atoms with Crippen molar-refractivity contribution in [3.63, 3.8) is 0 Å². The highest BCUT2D eigenvalue weighted by Gasteiger charge is 2.26. The standard InChI is InChI=1S/C21H24N4O5/c1-3-30-17(26)12-23-13-22-19-18(23)20(27)25(14-7-4-5-8-14)21(28)24(19)15-9-6-10-16(11-15)29-2/h6,9-11,13-14H,3-5,7-8,12H2,1-2H3. The number of hydrogen-bond acceptors (Lipinski definition) is 6. The largest absolute Gasteiger partial charge is 0.497 e. The van der Waals surface area contributed by atoms with E-state index in [9.17, 15) is 14.4 Å². The molecule has 0 radical (unpaired) electrons. The van der Waals surface area contributed by atoms with Gasteiger partial charge in [-0.25, -0.2) is 14.3 Å². The van der Waals surface area contributed by atoms with Crippen LogP contribution in [0, 0.1) is 0 Å². The van der Waals surface area contributed by atoms with Crippen molar-refractivity contribution in [1.82, 2.24) is 18.7 Å². The van der Waals surface area contributed by atoms with Gasteiger partial charge in [0.15, 0.2) is 11.2 Å². The van der Waals surface area contributed by atoms with Gasteiger partial charge in [-0.2, -0.15) is 0 Å². The highest BCUT2D eigenvalue weighted by Crippen LogP contribution is 2.28. The number of aromatic nitrogens is 4. The van der Waals surface area contributed by atoms with Crippen LogP contribution in [-0.2, 0) is 16.1 Å². The summed E-state index contributed by atoms with van der Waals surface area (Å²) in [6.45, 7) is 1.81. The zero-order valence-corrected chi connectivity index (χ0v) is 17.0. The van der Waals surface area contributed by atoms with Gasteiger partial charge >= 0.3 is 11.7 Å². The Bertz CT molecular complexity index is 1200. The van der Waals surface area contributed by atoms with E-state index in [0.29, 0.717) is 11.4 Å². The van der Waals surface area contributed by atoms with E-state index >= 15 is 0 Å². The van der Waals surface area contributed by atoms with Gasteiger partial charge < -0.3 is 14.0 Å². The van der Waals surface area contributed by atoms with Crippen LogP contribution in [0.25, 0.3) is 16.9 Å². The maximum Gasteiger partial charge on any atom is 0.337 e. The van der Waals surface area contributed by atoms with Crippen LogP contribution in [0.1, 0.15) is 38.6 Å². The molecular formula is C21H24N4O5.